The number of pyridine rings is 1. The number of fused-ring (bicyclic) bond motifs is 1. The molecule has 6 heteroatoms. The van der Waals surface area contributed by atoms with Gasteiger partial charge in [-0.15, -0.1) is 0 Å². The first-order chi connectivity index (χ1) is 10.9. The zero-order chi connectivity index (χ0) is 14.8. The molecule has 0 bridgehead atoms. The lowest BCUT2D eigenvalue weighted by molar-refractivity contribution is -0.0499. The molecule has 2 aromatic heterocycles. The molecule has 0 spiro atoms. The van der Waals surface area contributed by atoms with Crippen molar-refractivity contribution in [2.75, 3.05) is 31.1 Å². The van der Waals surface area contributed by atoms with Gasteiger partial charge in [0, 0.05) is 51.0 Å². The predicted molar refractivity (Wildman–Crippen MR) is 82.4 cm³/mol. The lowest BCUT2D eigenvalue weighted by atomic mass is 10.1. The molecule has 2 saturated heterocycles. The van der Waals surface area contributed by atoms with E-state index in [1.54, 1.807) is 12.4 Å². The van der Waals surface area contributed by atoms with Gasteiger partial charge in [0.15, 0.2) is 0 Å². The third-order valence-electron chi connectivity index (χ3n) is 4.42. The van der Waals surface area contributed by atoms with Gasteiger partial charge in [-0.25, -0.2) is 4.98 Å². The monoisotopic (exact) mass is 297 g/mol. The molecule has 2 fully saturated rings. The molecule has 4 rings (SSSR count). The summed E-state index contributed by atoms with van der Waals surface area (Å²) in [6.07, 6.45) is 9.23. The van der Waals surface area contributed by atoms with Crippen molar-refractivity contribution in [2.24, 2.45) is 0 Å². The minimum atomic E-state index is 0.248. The summed E-state index contributed by atoms with van der Waals surface area (Å²) in [6.45, 7) is 4.53. The maximum atomic E-state index is 5.98. The molecule has 0 aromatic carbocycles. The summed E-state index contributed by atoms with van der Waals surface area (Å²) in [7, 11) is 0. The summed E-state index contributed by atoms with van der Waals surface area (Å²) in [6, 6.07) is 4.57. The quantitative estimate of drug-likeness (QED) is 0.841. The molecule has 2 atom stereocenters. The molecule has 22 heavy (non-hydrogen) atoms. The van der Waals surface area contributed by atoms with Crippen molar-refractivity contribution in [3.05, 3.63) is 48.7 Å². The van der Waals surface area contributed by atoms with E-state index in [4.69, 9.17) is 4.74 Å². The summed E-state index contributed by atoms with van der Waals surface area (Å²) in [4.78, 5) is 17.5. The third-order valence-corrected chi connectivity index (χ3v) is 4.42. The van der Waals surface area contributed by atoms with E-state index < -0.39 is 0 Å². The number of anilines is 1. The fraction of sp³-hybridized carbons (Fsp3) is 0.438. The van der Waals surface area contributed by atoms with E-state index in [-0.39, 0.29) is 6.10 Å². The largest absolute Gasteiger partial charge is 0.373 e. The Balaban J connectivity index is 1.49. The Kier molecular flexibility index (Phi) is 3.70. The lowest BCUT2D eigenvalue weighted by Gasteiger charge is -2.36. The average Bonchev–Trinajstić information content (AvgIpc) is 3.02. The fourth-order valence-corrected chi connectivity index (χ4v) is 3.32. The van der Waals surface area contributed by atoms with Crippen LogP contribution in [-0.4, -0.2) is 58.2 Å². The first-order valence-electron chi connectivity index (χ1n) is 7.66. The number of nitrogens with zero attached hydrogens (tertiary/aromatic N) is 5. The van der Waals surface area contributed by atoms with E-state index in [1.807, 2.05) is 18.6 Å². The van der Waals surface area contributed by atoms with Crippen molar-refractivity contribution in [3.8, 4) is 0 Å². The van der Waals surface area contributed by atoms with E-state index in [0.717, 1.165) is 38.6 Å². The molecule has 114 valence electrons. The molecule has 0 unspecified atom stereocenters. The van der Waals surface area contributed by atoms with E-state index in [2.05, 4.69) is 36.9 Å². The average molecular weight is 297 g/mol. The topological polar surface area (TPSA) is 54.4 Å². The second kappa shape index (κ2) is 5.98. The van der Waals surface area contributed by atoms with Crippen LogP contribution in [0.4, 0.5) is 5.82 Å². The molecule has 0 N–H and O–H groups in total. The van der Waals surface area contributed by atoms with Crippen LogP contribution in [0.5, 0.6) is 0 Å². The van der Waals surface area contributed by atoms with E-state index >= 15 is 0 Å². The third kappa shape index (κ3) is 2.67. The molecule has 2 aliphatic heterocycles. The van der Waals surface area contributed by atoms with Crippen molar-refractivity contribution in [1.82, 2.24) is 19.9 Å². The minimum Gasteiger partial charge on any atom is -0.373 e. The Labute approximate surface area is 129 Å². The van der Waals surface area contributed by atoms with Gasteiger partial charge in [-0.05, 0) is 17.7 Å². The maximum Gasteiger partial charge on any atom is 0.147 e. The molecular formula is C16H19N5O. The van der Waals surface area contributed by atoms with Crippen molar-refractivity contribution < 1.29 is 4.74 Å². The van der Waals surface area contributed by atoms with Gasteiger partial charge >= 0.3 is 0 Å². The van der Waals surface area contributed by atoms with Crippen LogP contribution in [0.2, 0.25) is 0 Å². The van der Waals surface area contributed by atoms with Gasteiger partial charge in [-0.1, -0.05) is 0 Å². The number of aromatic nitrogens is 3. The Morgan fingerprint density at radius 1 is 1.09 bits per heavy atom. The molecule has 0 aliphatic carbocycles. The molecule has 2 aliphatic rings. The molecule has 6 nitrogen and oxygen atoms in total. The Bertz CT molecular complexity index is 608. The van der Waals surface area contributed by atoms with Gasteiger partial charge in [-0.2, -0.15) is 0 Å². The molecule has 2 aromatic rings. The first kappa shape index (κ1) is 13.6. The van der Waals surface area contributed by atoms with Crippen LogP contribution in [-0.2, 0) is 11.3 Å². The normalized spacial score (nSPS) is 25.2. The van der Waals surface area contributed by atoms with Gasteiger partial charge < -0.3 is 9.64 Å². The molecule has 0 saturated carbocycles. The Morgan fingerprint density at radius 3 is 2.82 bits per heavy atom. The van der Waals surface area contributed by atoms with E-state index in [1.165, 1.54) is 5.56 Å². The van der Waals surface area contributed by atoms with Crippen molar-refractivity contribution in [2.45, 2.75) is 18.7 Å². The molecule has 0 radical (unpaired) electrons. The van der Waals surface area contributed by atoms with Crippen LogP contribution in [0.25, 0.3) is 0 Å². The number of rotatable bonds is 3. The summed E-state index contributed by atoms with van der Waals surface area (Å²) >= 11 is 0. The number of ether oxygens (including phenoxy) is 1. The molecule has 0 amide bonds. The van der Waals surface area contributed by atoms with Crippen LogP contribution in [0.3, 0.4) is 0 Å². The maximum absolute atomic E-state index is 5.98. The highest BCUT2D eigenvalue weighted by molar-refractivity contribution is 5.38. The second-order valence-corrected chi connectivity index (χ2v) is 5.77. The van der Waals surface area contributed by atoms with Crippen molar-refractivity contribution in [3.63, 3.8) is 0 Å². The Hall–Kier alpha value is -2.05. The number of morpholine rings is 1. The van der Waals surface area contributed by atoms with Crippen LogP contribution in [0.15, 0.2) is 43.1 Å². The standard InChI is InChI=1S/C16H19N5O/c1-3-17-4-2-13(1)10-20-7-8-22-15-12-21(11-14(15)20)16-9-18-5-6-19-16/h1-6,9,14-15H,7-8,10-12H2/t14-,15+/m0/s1. The zero-order valence-electron chi connectivity index (χ0n) is 12.4. The van der Waals surface area contributed by atoms with Gasteiger partial charge in [0.05, 0.1) is 24.9 Å². The second-order valence-electron chi connectivity index (χ2n) is 5.77. The highest BCUT2D eigenvalue weighted by Crippen LogP contribution is 2.26. The highest BCUT2D eigenvalue weighted by Gasteiger charge is 2.40. The van der Waals surface area contributed by atoms with Crippen LogP contribution < -0.4 is 4.90 Å². The zero-order valence-corrected chi connectivity index (χ0v) is 12.4. The van der Waals surface area contributed by atoms with Crippen LogP contribution in [0, 0.1) is 0 Å². The SMILES string of the molecule is c1cc(CN2CCO[C@@H]3CN(c4cnccn4)C[C@@H]32)ccn1. The molecular weight excluding hydrogens is 278 g/mol. The van der Waals surface area contributed by atoms with Crippen LogP contribution in [0.1, 0.15) is 5.56 Å². The molecule has 4 heterocycles. The van der Waals surface area contributed by atoms with Crippen molar-refractivity contribution in [1.29, 1.82) is 0 Å². The van der Waals surface area contributed by atoms with Crippen LogP contribution >= 0.6 is 0 Å². The lowest BCUT2D eigenvalue weighted by Crippen LogP contribution is -2.50. The highest BCUT2D eigenvalue weighted by atomic mass is 16.5. The summed E-state index contributed by atoms with van der Waals surface area (Å²) in [5.41, 5.74) is 1.30. The summed E-state index contributed by atoms with van der Waals surface area (Å²) in [5, 5.41) is 0. The fourth-order valence-electron chi connectivity index (χ4n) is 3.32. The van der Waals surface area contributed by atoms with E-state index in [0.29, 0.717) is 6.04 Å². The number of hydrogen-bond donors (Lipinski definition) is 0. The predicted octanol–water partition coefficient (Wildman–Crippen LogP) is 0.961. The summed E-state index contributed by atoms with van der Waals surface area (Å²) < 4.78 is 5.98. The Morgan fingerprint density at radius 2 is 2.00 bits per heavy atom. The van der Waals surface area contributed by atoms with Gasteiger partial charge in [0.25, 0.3) is 0 Å². The smallest absolute Gasteiger partial charge is 0.147 e. The van der Waals surface area contributed by atoms with Gasteiger partial charge in [-0.3, -0.25) is 14.9 Å². The van der Waals surface area contributed by atoms with Gasteiger partial charge in [0.2, 0.25) is 0 Å². The number of hydrogen-bond acceptors (Lipinski definition) is 6. The minimum absolute atomic E-state index is 0.248. The summed E-state index contributed by atoms with van der Waals surface area (Å²) in [5.74, 6) is 0.935. The van der Waals surface area contributed by atoms with Crippen molar-refractivity contribution >= 4 is 5.82 Å². The first-order valence-corrected chi connectivity index (χ1v) is 7.66. The van der Waals surface area contributed by atoms with E-state index in [9.17, 15) is 0 Å². The van der Waals surface area contributed by atoms with Gasteiger partial charge in [0.1, 0.15) is 5.82 Å².